The van der Waals surface area contributed by atoms with Crippen LogP contribution < -0.4 is 15.4 Å². The Labute approximate surface area is 176 Å². The van der Waals surface area contributed by atoms with Gasteiger partial charge in [0.1, 0.15) is 17.6 Å². The highest BCUT2D eigenvalue weighted by atomic mass is 16.5. The number of nitrogens with zero attached hydrogens (tertiary/aromatic N) is 1. The Hall–Kier alpha value is -2.58. The molecule has 1 aliphatic heterocycles. The molecule has 8 nitrogen and oxygen atoms in total. The van der Waals surface area contributed by atoms with E-state index in [1.807, 2.05) is 18.2 Å². The topological polar surface area (TPSA) is 106 Å². The number of carbonyl (C=O) groups excluding carboxylic acids is 1. The summed E-state index contributed by atoms with van der Waals surface area (Å²) in [6.45, 7) is 6.42. The zero-order chi connectivity index (χ0) is 21.7. The number of ether oxygens (including phenoxy) is 2. The van der Waals surface area contributed by atoms with Gasteiger partial charge >= 0.3 is 6.03 Å². The van der Waals surface area contributed by atoms with Crippen LogP contribution in [0.4, 0.5) is 10.5 Å². The number of aliphatic hydroxyl groups is 1. The van der Waals surface area contributed by atoms with Gasteiger partial charge in [0, 0.05) is 24.4 Å². The standard InChI is InChI=1S/C22H31N3O5/c1-22(2,3)20-12-14(25-30-20)11-15-9-10-17(26)19(29-15)13-23-21(27)24-16-7-5-6-8-18(16)28-4/h5-8,12,15,17,19,26H,9-11,13H2,1-4H3,(H2,23,24,27). The van der Waals surface area contributed by atoms with E-state index in [2.05, 4.69) is 36.6 Å². The summed E-state index contributed by atoms with van der Waals surface area (Å²) in [5.41, 5.74) is 1.30. The molecule has 0 saturated carbocycles. The summed E-state index contributed by atoms with van der Waals surface area (Å²) in [6, 6.07) is 8.73. The molecule has 1 fully saturated rings. The summed E-state index contributed by atoms with van der Waals surface area (Å²) in [7, 11) is 1.55. The number of urea groups is 1. The van der Waals surface area contributed by atoms with E-state index in [0.29, 0.717) is 24.3 Å². The number of rotatable bonds is 6. The van der Waals surface area contributed by atoms with Gasteiger partial charge in [0.25, 0.3) is 0 Å². The molecular formula is C22H31N3O5. The van der Waals surface area contributed by atoms with Gasteiger partial charge < -0.3 is 29.7 Å². The Morgan fingerprint density at radius 2 is 2.07 bits per heavy atom. The first-order valence-corrected chi connectivity index (χ1v) is 10.2. The minimum atomic E-state index is -0.629. The van der Waals surface area contributed by atoms with Crippen LogP contribution in [-0.4, -0.2) is 48.3 Å². The molecular weight excluding hydrogens is 386 g/mol. The highest BCUT2D eigenvalue weighted by Gasteiger charge is 2.31. The van der Waals surface area contributed by atoms with Gasteiger partial charge in [-0.1, -0.05) is 38.1 Å². The lowest BCUT2D eigenvalue weighted by molar-refractivity contribution is -0.113. The molecule has 3 unspecified atom stereocenters. The van der Waals surface area contributed by atoms with Gasteiger partial charge in [0.15, 0.2) is 0 Å². The quantitative estimate of drug-likeness (QED) is 0.666. The van der Waals surface area contributed by atoms with E-state index in [1.54, 1.807) is 19.2 Å². The Morgan fingerprint density at radius 1 is 1.30 bits per heavy atom. The van der Waals surface area contributed by atoms with Crippen molar-refractivity contribution < 1.29 is 23.9 Å². The average Bonchev–Trinajstić information content (AvgIpc) is 3.18. The third-order valence-electron chi connectivity index (χ3n) is 5.13. The molecule has 2 aromatic rings. The summed E-state index contributed by atoms with van der Waals surface area (Å²) in [6.07, 6.45) is 0.737. The molecule has 1 aliphatic rings. The third-order valence-corrected chi connectivity index (χ3v) is 5.13. The van der Waals surface area contributed by atoms with Crippen molar-refractivity contribution in [3.05, 3.63) is 41.8 Å². The molecule has 2 heterocycles. The van der Waals surface area contributed by atoms with Crippen LogP contribution in [0.3, 0.4) is 0 Å². The fourth-order valence-electron chi connectivity index (χ4n) is 3.39. The van der Waals surface area contributed by atoms with Crippen molar-refractivity contribution >= 4 is 11.7 Å². The first-order chi connectivity index (χ1) is 14.3. The summed E-state index contributed by atoms with van der Waals surface area (Å²) in [5.74, 6) is 1.41. The maximum atomic E-state index is 12.3. The van der Waals surface area contributed by atoms with E-state index in [1.165, 1.54) is 0 Å². The fourth-order valence-corrected chi connectivity index (χ4v) is 3.39. The van der Waals surface area contributed by atoms with Gasteiger partial charge in [-0.05, 0) is 25.0 Å². The maximum Gasteiger partial charge on any atom is 0.319 e. The molecule has 3 N–H and O–H groups in total. The molecule has 1 aromatic heterocycles. The van der Waals surface area contributed by atoms with Crippen LogP contribution in [0.5, 0.6) is 5.75 Å². The number of amides is 2. The second kappa shape index (κ2) is 9.49. The SMILES string of the molecule is COc1ccccc1NC(=O)NCC1OC(Cc2cc(C(C)(C)C)on2)CCC1O. The smallest absolute Gasteiger partial charge is 0.319 e. The maximum absolute atomic E-state index is 12.3. The molecule has 0 aliphatic carbocycles. The molecule has 30 heavy (non-hydrogen) atoms. The largest absolute Gasteiger partial charge is 0.495 e. The first kappa shape index (κ1) is 22.1. The number of hydrogen-bond acceptors (Lipinski definition) is 6. The van der Waals surface area contributed by atoms with Crippen LogP contribution >= 0.6 is 0 Å². The van der Waals surface area contributed by atoms with Gasteiger partial charge in [0.05, 0.1) is 30.7 Å². The van der Waals surface area contributed by atoms with E-state index >= 15 is 0 Å². The first-order valence-electron chi connectivity index (χ1n) is 10.2. The van der Waals surface area contributed by atoms with Gasteiger partial charge in [-0.25, -0.2) is 4.79 Å². The molecule has 3 rings (SSSR count). The Bertz CT molecular complexity index is 845. The predicted molar refractivity (Wildman–Crippen MR) is 113 cm³/mol. The molecule has 0 radical (unpaired) electrons. The lowest BCUT2D eigenvalue weighted by Crippen LogP contribution is -2.47. The van der Waals surface area contributed by atoms with E-state index in [0.717, 1.165) is 17.9 Å². The Balaban J connectivity index is 1.52. The Morgan fingerprint density at radius 3 is 2.77 bits per heavy atom. The summed E-state index contributed by atoms with van der Waals surface area (Å²) in [4.78, 5) is 12.3. The minimum absolute atomic E-state index is 0.0876. The predicted octanol–water partition coefficient (Wildman–Crippen LogP) is 3.25. The molecule has 1 aromatic carbocycles. The van der Waals surface area contributed by atoms with E-state index in [-0.39, 0.29) is 24.1 Å². The number of nitrogens with one attached hydrogen (secondary N) is 2. The summed E-state index contributed by atoms with van der Waals surface area (Å²) in [5, 5.41) is 20.0. The van der Waals surface area contributed by atoms with Crippen molar-refractivity contribution in [1.29, 1.82) is 0 Å². The number of benzene rings is 1. The van der Waals surface area contributed by atoms with Crippen molar-refractivity contribution in [1.82, 2.24) is 10.5 Å². The second-order valence-electron chi connectivity index (χ2n) is 8.61. The zero-order valence-corrected chi connectivity index (χ0v) is 18.0. The minimum Gasteiger partial charge on any atom is -0.495 e. The van der Waals surface area contributed by atoms with Crippen molar-refractivity contribution in [3.8, 4) is 5.75 Å². The highest BCUT2D eigenvalue weighted by molar-refractivity contribution is 5.90. The lowest BCUT2D eigenvalue weighted by Gasteiger charge is -2.33. The van der Waals surface area contributed by atoms with Gasteiger partial charge in [0.2, 0.25) is 0 Å². The van der Waals surface area contributed by atoms with Crippen molar-refractivity contribution in [3.63, 3.8) is 0 Å². The van der Waals surface area contributed by atoms with E-state index < -0.39 is 12.2 Å². The fraction of sp³-hybridized carbons (Fsp3) is 0.545. The number of para-hydroxylation sites is 2. The second-order valence-corrected chi connectivity index (χ2v) is 8.61. The number of carbonyl (C=O) groups is 1. The monoisotopic (exact) mass is 417 g/mol. The van der Waals surface area contributed by atoms with Crippen LogP contribution in [0.25, 0.3) is 0 Å². The molecule has 8 heteroatoms. The van der Waals surface area contributed by atoms with Crippen molar-refractivity contribution in [2.45, 2.75) is 63.8 Å². The van der Waals surface area contributed by atoms with Crippen LogP contribution in [0.15, 0.2) is 34.9 Å². The van der Waals surface area contributed by atoms with Crippen LogP contribution in [0.1, 0.15) is 45.1 Å². The third kappa shape index (κ3) is 5.73. The van der Waals surface area contributed by atoms with Crippen LogP contribution in [0, 0.1) is 0 Å². The number of anilines is 1. The molecule has 0 bridgehead atoms. The molecule has 0 spiro atoms. The van der Waals surface area contributed by atoms with Crippen molar-refractivity contribution in [2.24, 2.45) is 0 Å². The number of hydrogen-bond donors (Lipinski definition) is 3. The highest BCUT2D eigenvalue weighted by Crippen LogP contribution is 2.26. The molecule has 1 saturated heterocycles. The number of aromatic nitrogens is 1. The van der Waals surface area contributed by atoms with Crippen LogP contribution in [-0.2, 0) is 16.6 Å². The average molecular weight is 418 g/mol. The van der Waals surface area contributed by atoms with E-state index in [4.69, 9.17) is 14.0 Å². The number of aliphatic hydroxyl groups excluding tert-OH is 1. The number of methoxy groups -OCH3 is 1. The lowest BCUT2D eigenvalue weighted by atomic mass is 9.92. The normalized spacial score (nSPS) is 21.8. The summed E-state index contributed by atoms with van der Waals surface area (Å²) >= 11 is 0. The van der Waals surface area contributed by atoms with Crippen LogP contribution in [0.2, 0.25) is 0 Å². The zero-order valence-electron chi connectivity index (χ0n) is 18.0. The van der Waals surface area contributed by atoms with Crippen molar-refractivity contribution in [2.75, 3.05) is 19.0 Å². The Kier molecular flexibility index (Phi) is 6.99. The van der Waals surface area contributed by atoms with E-state index in [9.17, 15) is 9.90 Å². The molecule has 164 valence electrons. The summed E-state index contributed by atoms with van der Waals surface area (Å²) < 4.78 is 16.7. The van der Waals surface area contributed by atoms with Gasteiger partial charge in [-0.2, -0.15) is 0 Å². The van der Waals surface area contributed by atoms with Gasteiger partial charge in [-0.3, -0.25) is 0 Å². The van der Waals surface area contributed by atoms with Gasteiger partial charge in [-0.15, -0.1) is 0 Å². The molecule has 3 atom stereocenters. The molecule has 2 amide bonds.